The van der Waals surface area contributed by atoms with Gasteiger partial charge < -0.3 is 20.1 Å². The third kappa shape index (κ3) is 5.41. The molecule has 8 heteroatoms. The van der Waals surface area contributed by atoms with Crippen LogP contribution in [0.25, 0.3) is 0 Å². The molecule has 0 bridgehead atoms. The van der Waals surface area contributed by atoms with Crippen molar-refractivity contribution in [2.75, 3.05) is 11.9 Å². The SMILES string of the molecule is CC(C)(C)OC(=O)Nc1ncc(C(O)C(O)CCO)s1. The highest BCUT2D eigenvalue weighted by atomic mass is 32.1. The Kier molecular flexibility index (Phi) is 5.88. The molecule has 0 aliphatic rings. The van der Waals surface area contributed by atoms with Crippen LogP contribution in [0.1, 0.15) is 38.2 Å². The van der Waals surface area contributed by atoms with Gasteiger partial charge in [0.15, 0.2) is 5.13 Å². The van der Waals surface area contributed by atoms with Crippen LogP contribution in [-0.2, 0) is 4.74 Å². The van der Waals surface area contributed by atoms with Gasteiger partial charge in [-0.2, -0.15) is 0 Å². The van der Waals surface area contributed by atoms with Gasteiger partial charge >= 0.3 is 6.09 Å². The van der Waals surface area contributed by atoms with Crippen molar-refractivity contribution in [1.82, 2.24) is 4.98 Å². The standard InChI is InChI=1S/C12H20N2O5S/c1-12(2,3)19-11(18)14-10-13-6-8(20-10)9(17)7(16)4-5-15/h6-7,9,15-17H,4-5H2,1-3H3,(H,13,14,18). The Balaban J connectivity index is 2.61. The number of aliphatic hydroxyl groups is 3. The highest BCUT2D eigenvalue weighted by Gasteiger charge is 2.22. The Morgan fingerprint density at radius 3 is 2.70 bits per heavy atom. The predicted octanol–water partition coefficient (Wildman–Crippen LogP) is 1.27. The number of rotatable bonds is 5. The number of nitrogens with one attached hydrogen (secondary N) is 1. The number of nitrogens with zero attached hydrogens (tertiary/aromatic N) is 1. The second-order valence-electron chi connectivity index (χ2n) is 5.22. The van der Waals surface area contributed by atoms with Gasteiger partial charge in [-0.15, -0.1) is 0 Å². The second-order valence-corrected chi connectivity index (χ2v) is 6.28. The molecule has 2 unspecified atom stereocenters. The third-order valence-electron chi connectivity index (χ3n) is 2.21. The number of aromatic nitrogens is 1. The van der Waals surface area contributed by atoms with Crippen molar-refractivity contribution >= 4 is 22.6 Å². The summed E-state index contributed by atoms with van der Waals surface area (Å²) in [5.41, 5.74) is -0.610. The zero-order valence-electron chi connectivity index (χ0n) is 11.7. The average molecular weight is 304 g/mol. The number of carbonyl (C=O) groups excluding carboxylic acids is 1. The fourth-order valence-corrected chi connectivity index (χ4v) is 2.20. The topological polar surface area (TPSA) is 112 Å². The molecule has 1 aromatic rings. The van der Waals surface area contributed by atoms with Gasteiger partial charge in [0, 0.05) is 12.8 Å². The van der Waals surface area contributed by atoms with Gasteiger partial charge in [0.25, 0.3) is 0 Å². The molecule has 0 saturated heterocycles. The van der Waals surface area contributed by atoms with Gasteiger partial charge in [0.2, 0.25) is 0 Å². The zero-order valence-corrected chi connectivity index (χ0v) is 12.5. The minimum atomic E-state index is -1.14. The van der Waals surface area contributed by atoms with Crippen LogP contribution >= 0.6 is 11.3 Å². The van der Waals surface area contributed by atoms with E-state index in [0.29, 0.717) is 4.88 Å². The molecule has 0 aromatic carbocycles. The number of carbonyl (C=O) groups is 1. The smallest absolute Gasteiger partial charge is 0.413 e. The summed E-state index contributed by atoms with van der Waals surface area (Å²) in [5.74, 6) is 0. The summed E-state index contributed by atoms with van der Waals surface area (Å²) < 4.78 is 5.07. The first-order valence-corrected chi connectivity index (χ1v) is 6.97. The van der Waals surface area contributed by atoms with Crippen molar-refractivity contribution in [1.29, 1.82) is 0 Å². The van der Waals surface area contributed by atoms with Gasteiger partial charge in [-0.1, -0.05) is 11.3 Å². The van der Waals surface area contributed by atoms with E-state index in [1.54, 1.807) is 20.8 Å². The molecule has 0 spiro atoms. The lowest BCUT2D eigenvalue weighted by molar-refractivity contribution is 0.00607. The molecule has 0 aliphatic carbocycles. The minimum absolute atomic E-state index is 0.0634. The monoisotopic (exact) mass is 304 g/mol. The zero-order chi connectivity index (χ0) is 15.3. The van der Waals surface area contributed by atoms with Crippen LogP contribution in [0.3, 0.4) is 0 Å². The Morgan fingerprint density at radius 1 is 1.50 bits per heavy atom. The molecular formula is C12H20N2O5S. The molecule has 2 atom stereocenters. The molecule has 7 nitrogen and oxygen atoms in total. The quantitative estimate of drug-likeness (QED) is 0.651. The average Bonchev–Trinajstić information content (AvgIpc) is 2.74. The first-order valence-electron chi connectivity index (χ1n) is 6.15. The van der Waals surface area contributed by atoms with Crippen LogP contribution in [0.4, 0.5) is 9.93 Å². The highest BCUT2D eigenvalue weighted by Crippen LogP contribution is 2.27. The van der Waals surface area contributed by atoms with Crippen molar-refractivity contribution in [3.63, 3.8) is 0 Å². The van der Waals surface area contributed by atoms with Gasteiger partial charge in [-0.3, -0.25) is 5.32 Å². The molecule has 1 heterocycles. The Morgan fingerprint density at radius 2 is 2.15 bits per heavy atom. The molecule has 0 radical (unpaired) electrons. The van der Waals surface area contributed by atoms with Gasteiger partial charge in [0.1, 0.15) is 11.7 Å². The lowest BCUT2D eigenvalue weighted by atomic mass is 10.1. The summed E-state index contributed by atoms with van der Waals surface area (Å²) in [6, 6.07) is 0. The van der Waals surface area contributed by atoms with E-state index < -0.39 is 23.9 Å². The third-order valence-corrected chi connectivity index (χ3v) is 3.20. The lowest BCUT2D eigenvalue weighted by Crippen LogP contribution is -2.27. The van der Waals surface area contributed by atoms with Crippen molar-refractivity contribution < 1.29 is 24.9 Å². The van der Waals surface area contributed by atoms with E-state index >= 15 is 0 Å². The van der Waals surface area contributed by atoms with Crippen molar-refractivity contribution in [3.8, 4) is 0 Å². The van der Waals surface area contributed by atoms with Crippen molar-refractivity contribution in [2.45, 2.75) is 45.0 Å². The second kappa shape index (κ2) is 6.98. The number of ether oxygens (including phenoxy) is 1. The van der Waals surface area contributed by atoms with Gasteiger partial charge in [-0.25, -0.2) is 9.78 Å². The largest absolute Gasteiger partial charge is 0.444 e. The molecule has 4 N–H and O–H groups in total. The molecule has 0 fully saturated rings. The normalized spacial score (nSPS) is 14.7. The molecule has 20 heavy (non-hydrogen) atoms. The van der Waals surface area contributed by atoms with Crippen molar-refractivity contribution in [2.24, 2.45) is 0 Å². The summed E-state index contributed by atoms with van der Waals surface area (Å²) in [5, 5.41) is 30.8. The number of thiazole rings is 1. The first kappa shape index (κ1) is 16.8. The summed E-state index contributed by atoms with van der Waals surface area (Å²) in [4.78, 5) is 15.9. The highest BCUT2D eigenvalue weighted by molar-refractivity contribution is 7.15. The fraction of sp³-hybridized carbons (Fsp3) is 0.667. The van der Waals surface area contributed by atoms with Crippen LogP contribution in [0, 0.1) is 0 Å². The minimum Gasteiger partial charge on any atom is -0.444 e. The molecule has 114 valence electrons. The first-order chi connectivity index (χ1) is 9.23. The number of hydrogen-bond donors (Lipinski definition) is 4. The molecule has 1 amide bonds. The summed E-state index contributed by atoms with van der Waals surface area (Å²) in [6.45, 7) is 5.01. The summed E-state index contributed by atoms with van der Waals surface area (Å²) >= 11 is 1.03. The molecule has 1 rings (SSSR count). The van der Waals surface area contributed by atoms with Crippen LogP contribution in [0.15, 0.2) is 6.20 Å². The van der Waals surface area contributed by atoms with Crippen LogP contribution < -0.4 is 5.32 Å². The maximum Gasteiger partial charge on any atom is 0.413 e. The Bertz CT molecular complexity index is 443. The number of anilines is 1. The summed E-state index contributed by atoms with van der Waals surface area (Å²) in [6.07, 6.45) is -1.43. The lowest BCUT2D eigenvalue weighted by Gasteiger charge is -2.19. The number of hydrogen-bond acceptors (Lipinski definition) is 7. The van der Waals surface area contributed by atoms with Crippen LogP contribution in [0.2, 0.25) is 0 Å². The van der Waals surface area contributed by atoms with Gasteiger partial charge in [-0.05, 0) is 27.2 Å². The molecular weight excluding hydrogens is 284 g/mol. The van der Waals surface area contributed by atoms with Crippen LogP contribution in [-0.4, -0.2) is 44.7 Å². The fourth-order valence-electron chi connectivity index (χ4n) is 1.35. The number of aliphatic hydroxyl groups excluding tert-OH is 3. The van der Waals surface area contributed by atoms with E-state index in [1.807, 2.05) is 0 Å². The maximum atomic E-state index is 11.5. The van der Waals surface area contributed by atoms with E-state index in [2.05, 4.69) is 10.3 Å². The van der Waals surface area contributed by atoms with E-state index in [9.17, 15) is 15.0 Å². The van der Waals surface area contributed by atoms with E-state index in [1.165, 1.54) is 6.20 Å². The van der Waals surface area contributed by atoms with E-state index in [0.717, 1.165) is 11.3 Å². The van der Waals surface area contributed by atoms with Crippen molar-refractivity contribution in [3.05, 3.63) is 11.1 Å². The molecule has 1 aromatic heterocycles. The number of amides is 1. The van der Waals surface area contributed by atoms with E-state index in [4.69, 9.17) is 9.84 Å². The Labute approximate surface area is 121 Å². The predicted molar refractivity (Wildman–Crippen MR) is 74.6 cm³/mol. The van der Waals surface area contributed by atoms with Crippen LogP contribution in [0.5, 0.6) is 0 Å². The maximum absolute atomic E-state index is 11.5. The molecule has 0 aliphatic heterocycles. The van der Waals surface area contributed by atoms with Gasteiger partial charge in [0.05, 0.1) is 11.0 Å². The van der Waals surface area contributed by atoms with E-state index in [-0.39, 0.29) is 18.2 Å². The molecule has 0 saturated carbocycles. The summed E-state index contributed by atoms with van der Waals surface area (Å²) in [7, 11) is 0. The Hall–Kier alpha value is -1.22.